The van der Waals surface area contributed by atoms with E-state index in [-0.39, 0.29) is 36.9 Å². The molecule has 0 radical (unpaired) electrons. The highest BCUT2D eigenvalue weighted by molar-refractivity contribution is 5.81. The number of methoxy groups -OCH3 is 1. The second-order valence-electron chi connectivity index (χ2n) is 4.70. The number of carbonyl (C=O) groups is 3. The summed E-state index contributed by atoms with van der Waals surface area (Å²) in [4.78, 5) is 37.1. The summed E-state index contributed by atoms with van der Waals surface area (Å²) < 4.78 is 4.70. The van der Waals surface area contributed by atoms with Crippen molar-refractivity contribution >= 4 is 18.0 Å². The minimum atomic E-state index is -1.05. The fraction of sp³-hybridized carbons (Fsp3) is 0.750. The lowest BCUT2D eigenvalue weighted by molar-refractivity contribution is -0.146. The van der Waals surface area contributed by atoms with Gasteiger partial charge in [0, 0.05) is 19.6 Å². The van der Waals surface area contributed by atoms with Crippen molar-refractivity contribution in [2.24, 2.45) is 11.8 Å². The van der Waals surface area contributed by atoms with Crippen LogP contribution in [-0.4, -0.2) is 66.2 Å². The van der Waals surface area contributed by atoms with Crippen LogP contribution in [0.1, 0.15) is 13.8 Å². The number of hydrogen-bond acceptors (Lipinski definition) is 4. The molecular formula is C12H20N2O5. The van der Waals surface area contributed by atoms with Gasteiger partial charge < -0.3 is 19.6 Å². The zero-order chi connectivity index (χ0) is 14.6. The van der Waals surface area contributed by atoms with Crippen molar-refractivity contribution in [3.63, 3.8) is 0 Å². The number of ether oxygens (including phenoxy) is 1. The predicted molar refractivity (Wildman–Crippen MR) is 66.5 cm³/mol. The number of carbonyl (C=O) groups excluding carboxylic acids is 2. The zero-order valence-corrected chi connectivity index (χ0v) is 11.5. The first-order chi connectivity index (χ1) is 8.90. The molecule has 1 N–H and O–H groups in total. The molecule has 1 aliphatic rings. The van der Waals surface area contributed by atoms with E-state index in [4.69, 9.17) is 9.84 Å². The van der Waals surface area contributed by atoms with Gasteiger partial charge in [-0.2, -0.15) is 0 Å². The molecule has 0 aromatic heterocycles. The highest BCUT2D eigenvalue weighted by Gasteiger charge is 2.39. The van der Waals surface area contributed by atoms with Gasteiger partial charge >= 0.3 is 18.0 Å². The molecule has 0 aromatic rings. The van der Waals surface area contributed by atoms with Gasteiger partial charge in [0.2, 0.25) is 0 Å². The van der Waals surface area contributed by atoms with Crippen LogP contribution in [0.3, 0.4) is 0 Å². The summed E-state index contributed by atoms with van der Waals surface area (Å²) in [6.07, 6.45) is 0. The van der Waals surface area contributed by atoms with E-state index in [0.29, 0.717) is 13.1 Å². The van der Waals surface area contributed by atoms with Crippen molar-refractivity contribution in [1.29, 1.82) is 0 Å². The summed E-state index contributed by atoms with van der Waals surface area (Å²) in [5.74, 6) is -1.70. The van der Waals surface area contributed by atoms with Crippen molar-refractivity contribution in [1.82, 2.24) is 9.80 Å². The molecule has 0 aliphatic carbocycles. The standard InChI is InChI=1S/C12H20N2O5/c1-4-13(7-10(15)16)12(18)14-5-8(2)9(6-14)11(17)19-3/h8-9H,4-7H2,1-3H3,(H,15,16). The van der Waals surface area contributed by atoms with E-state index in [0.717, 1.165) is 0 Å². The Morgan fingerprint density at radius 3 is 2.47 bits per heavy atom. The number of amides is 2. The molecule has 19 heavy (non-hydrogen) atoms. The van der Waals surface area contributed by atoms with Crippen molar-refractivity contribution < 1.29 is 24.2 Å². The van der Waals surface area contributed by atoms with Crippen LogP contribution in [0.25, 0.3) is 0 Å². The molecule has 1 fully saturated rings. The molecule has 2 amide bonds. The maximum atomic E-state index is 12.2. The Labute approximate surface area is 112 Å². The third kappa shape index (κ3) is 3.59. The first kappa shape index (κ1) is 15.3. The Morgan fingerprint density at radius 1 is 1.37 bits per heavy atom. The Balaban J connectivity index is 2.68. The van der Waals surface area contributed by atoms with Crippen LogP contribution in [0.2, 0.25) is 0 Å². The molecule has 0 spiro atoms. The molecule has 0 aromatic carbocycles. The zero-order valence-electron chi connectivity index (χ0n) is 11.5. The van der Waals surface area contributed by atoms with Crippen molar-refractivity contribution in [2.45, 2.75) is 13.8 Å². The van der Waals surface area contributed by atoms with Crippen LogP contribution >= 0.6 is 0 Å². The van der Waals surface area contributed by atoms with Crippen LogP contribution < -0.4 is 0 Å². The first-order valence-corrected chi connectivity index (χ1v) is 6.24. The molecular weight excluding hydrogens is 252 g/mol. The number of likely N-dealkylation sites (N-methyl/N-ethyl adjacent to an activating group) is 1. The fourth-order valence-electron chi connectivity index (χ4n) is 2.26. The smallest absolute Gasteiger partial charge is 0.323 e. The molecule has 0 bridgehead atoms. The lowest BCUT2D eigenvalue weighted by atomic mass is 9.99. The molecule has 1 rings (SSSR count). The minimum absolute atomic E-state index is 0.0138. The number of nitrogens with zero attached hydrogens (tertiary/aromatic N) is 2. The highest BCUT2D eigenvalue weighted by Crippen LogP contribution is 2.24. The normalized spacial score (nSPS) is 22.2. The van der Waals surface area contributed by atoms with Crippen LogP contribution in [0, 0.1) is 11.8 Å². The number of hydrogen-bond donors (Lipinski definition) is 1. The van der Waals surface area contributed by atoms with Crippen molar-refractivity contribution in [3.05, 3.63) is 0 Å². The summed E-state index contributed by atoms with van der Waals surface area (Å²) in [5.41, 5.74) is 0. The maximum Gasteiger partial charge on any atom is 0.323 e. The summed E-state index contributed by atoms with van der Waals surface area (Å²) in [7, 11) is 1.32. The van der Waals surface area contributed by atoms with Gasteiger partial charge in [-0.3, -0.25) is 9.59 Å². The number of likely N-dealkylation sites (tertiary alicyclic amines) is 1. The van der Waals surface area contributed by atoms with E-state index in [1.54, 1.807) is 6.92 Å². The predicted octanol–water partition coefficient (Wildman–Crippen LogP) is 0.254. The van der Waals surface area contributed by atoms with Crippen LogP contribution in [0.15, 0.2) is 0 Å². The highest BCUT2D eigenvalue weighted by atomic mass is 16.5. The first-order valence-electron chi connectivity index (χ1n) is 6.24. The number of carboxylic acid groups (broad SMARTS) is 1. The van der Waals surface area contributed by atoms with E-state index in [9.17, 15) is 14.4 Å². The maximum absolute atomic E-state index is 12.2. The fourth-order valence-corrected chi connectivity index (χ4v) is 2.26. The van der Waals surface area contributed by atoms with Gasteiger partial charge in [0.1, 0.15) is 6.54 Å². The largest absolute Gasteiger partial charge is 0.480 e. The van der Waals surface area contributed by atoms with E-state index in [1.165, 1.54) is 16.9 Å². The molecule has 2 atom stereocenters. The van der Waals surface area contributed by atoms with Crippen molar-refractivity contribution in [3.8, 4) is 0 Å². The third-order valence-corrected chi connectivity index (χ3v) is 3.37. The summed E-state index contributed by atoms with van der Waals surface area (Å²) >= 11 is 0. The molecule has 1 saturated heterocycles. The topological polar surface area (TPSA) is 87.2 Å². The van der Waals surface area contributed by atoms with Gasteiger partial charge in [-0.1, -0.05) is 6.92 Å². The molecule has 1 aliphatic heterocycles. The summed E-state index contributed by atoms with van der Waals surface area (Å²) in [6, 6.07) is -0.344. The van der Waals surface area contributed by atoms with Gasteiger partial charge in [-0.05, 0) is 12.8 Å². The molecule has 7 heteroatoms. The van der Waals surface area contributed by atoms with Gasteiger partial charge in [-0.15, -0.1) is 0 Å². The Morgan fingerprint density at radius 2 is 2.00 bits per heavy atom. The third-order valence-electron chi connectivity index (χ3n) is 3.37. The second-order valence-corrected chi connectivity index (χ2v) is 4.70. The van der Waals surface area contributed by atoms with E-state index >= 15 is 0 Å². The van der Waals surface area contributed by atoms with Crippen molar-refractivity contribution in [2.75, 3.05) is 33.3 Å². The Bertz CT molecular complexity index is 371. The van der Waals surface area contributed by atoms with Crippen LogP contribution in [0.5, 0.6) is 0 Å². The molecule has 7 nitrogen and oxygen atoms in total. The minimum Gasteiger partial charge on any atom is -0.480 e. The number of aliphatic carboxylic acids is 1. The molecule has 1 heterocycles. The average molecular weight is 272 g/mol. The summed E-state index contributed by atoms with van der Waals surface area (Å²) in [6.45, 7) is 4.31. The molecule has 108 valence electrons. The number of esters is 1. The second kappa shape index (κ2) is 6.40. The number of urea groups is 1. The Hall–Kier alpha value is -1.79. The van der Waals surface area contributed by atoms with Gasteiger partial charge in [0.05, 0.1) is 13.0 Å². The monoisotopic (exact) mass is 272 g/mol. The van der Waals surface area contributed by atoms with Crippen LogP contribution in [-0.2, 0) is 14.3 Å². The SMILES string of the molecule is CCN(CC(=O)O)C(=O)N1CC(C)C(C(=O)OC)C1. The van der Waals surface area contributed by atoms with Crippen LogP contribution in [0.4, 0.5) is 4.79 Å². The number of rotatable bonds is 4. The Kier molecular flexibility index (Phi) is 5.14. The van der Waals surface area contributed by atoms with Gasteiger partial charge in [-0.25, -0.2) is 4.79 Å². The van der Waals surface area contributed by atoms with Gasteiger partial charge in [0.15, 0.2) is 0 Å². The van der Waals surface area contributed by atoms with Gasteiger partial charge in [0.25, 0.3) is 0 Å². The van der Waals surface area contributed by atoms with E-state index in [1.807, 2.05) is 6.92 Å². The van der Waals surface area contributed by atoms with E-state index in [2.05, 4.69) is 0 Å². The molecule has 0 saturated carbocycles. The molecule has 2 unspecified atom stereocenters. The lowest BCUT2D eigenvalue weighted by Crippen LogP contribution is -2.44. The quantitative estimate of drug-likeness (QED) is 0.741. The summed E-state index contributed by atoms with van der Waals surface area (Å²) in [5, 5.41) is 8.75. The average Bonchev–Trinajstić information content (AvgIpc) is 2.76. The number of carboxylic acids is 1. The lowest BCUT2D eigenvalue weighted by Gasteiger charge is -2.25. The van der Waals surface area contributed by atoms with E-state index < -0.39 is 5.97 Å².